The molecule has 0 aliphatic heterocycles. The minimum Gasteiger partial charge on any atom is -0.310 e. The van der Waals surface area contributed by atoms with E-state index in [4.69, 9.17) is 0 Å². The van der Waals surface area contributed by atoms with Crippen molar-refractivity contribution in [3.05, 3.63) is 140 Å². The molecule has 0 radical (unpaired) electrons. The van der Waals surface area contributed by atoms with Crippen LogP contribution < -0.4 is 4.90 Å². The van der Waals surface area contributed by atoms with Gasteiger partial charge in [0.15, 0.2) is 0 Å². The Kier molecular flexibility index (Phi) is 4.53. The van der Waals surface area contributed by atoms with Crippen LogP contribution >= 0.6 is 0 Å². The molecule has 0 N–H and O–H groups in total. The Bertz CT molecular complexity index is 1730. The molecule has 0 saturated heterocycles. The number of para-hydroxylation sites is 2. The Hall–Kier alpha value is -4.62. The van der Waals surface area contributed by atoms with E-state index in [2.05, 4.69) is 144 Å². The summed E-state index contributed by atoms with van der Waals surface area (Å²) in [5, 5.41) is 7.78. The lowest BCUT2D eigenvalue weighted by Crippen LogP contribution is -2.10. The molecule has 0 amide bonds. The van der Waals surface area contributed by atoms with Crippen molar-refractivity contribution in [3.63, 3.8) is 0 Å². The molecule has 0 atom stereocenters. The quantitative estimate of drug-likeness (QED) is 0.244. The number of hydrogen-bond acceptors (Lipinski definition) is 1. The fourth-order valence-electron chi connectivity index (χ4n) is 5.43. The molecule has 0 saturated carbocycles. The smallest absolute Gasteiger partial charge is 0.0540 e. The third kappa shape index (κ3) is 3.17. The number of rotatable bonds is 4. The van der Waals surface area contributed by atoms with E-state index in [9.17, 15) is 0 Å². The van der Waals surface area contributed by atoms with E-state index < -0.39 is 0 Å². The van der Waals surface area contributed by atoms with Gasteiger partial charge in [-0.25, -0.2) is 0 Å². The predicted molar refractivity (Wildman–Crippen MR) is 150 cm³/mol. The van der Waals surface area contributed by atoms with E-state index in [-0.39, 0.29) is 0 Å². The van der Waals surface area contributed by atoms with Gasteiger partial charge in [0, 0.05) is 16.8 Å². The molecule has 0 heterocycles. The molecule has 7 aromatic rings. The topological polar surface area (TPSA) is 3.24 Å². The van der Waals surface area contributed by atoms with Crippen molar-refractivity contribution in [3.8, 4) is 11.1 Å². The summed E-state index contributed by atoms with van der Waals surface area (Å²) in [6.45, 7) is 0. The summed E-state index contributed by atoms with van der Waals surface area (Å²) < 4.78 is 0. The second-order valence-corrected chi connectivity index (χ2v) is 8.99. The lowest BCUT2D eigenvalue weighted by Gasteiger charge is -2.27. The Morgan fingerprint density at radius 1 is 0.371 bits per heavy atom. The van der Waals surface area contributed by atoms with Gasteiger partial charge in [-0.1, -0.05) is 109 Å². The van der Waals surface area contributed by atoms with Crippen molar-refractivity contribution in [1.82, 2.24) is 0 Å². The van der Waals surface area contributed by atoms with Crippen molar-refractivity contribution < 1.29 is 0 Å². The first-order chi connectivity index (χ1) is 17.4. The summed E-state index contributed by atoms with van der Waals surface area (Å²) in [5.41, 5.74) is 6.02. The van der Waals surface area contributed by atoms with Gasteiger partial charge in [-0.2, -0.15) is 0 Å². The van der Waals surface area contributed by atoms with Gasteiger partial charge in [0.2, 0.25) is 0 Å². The minimum atomic E-state index is 1.15. The van der Waals surface area contributed by atoms with Gasteiger partial charge in [0.05, 0.1) is 5.69 Å². The average molecular weight is 446 g/mol. The number of benzene rings is 7. The van der Waals surface area contributed by atoms with Crippen LogP contribution in [-0.2, 0) is 0 Å². The normalized spacial score (nSPS) is 11.4. The highest BCUT2D eigenvalue weighted by molar-refractivity contribution is 6.27. The number of nitrogens with zero attached hydrogens (tertiary/aromatic N) is 1. The summed E-state index contributed by atoms with van der Waals surface area (Å²) in [7, 11) is 0. The SMILES string of the molecule is c1ccc(-c2ccc3ccc4ccc(N(c5ccccc5)c5ccccc5)c5ccc2c3c45)cc1. The molecule has 0 aliphatic carbocycles. The van der Waals surface area contributed by atoms with Gasteiger partial charge in [0.25, 0.3) is 0 Å². The standard InChI is InChI=1S/C34H23N/c1-4-10-24(11-5-1)29-20-18-25-16-17-26-19-23-32(31-22-21-30(29)33(25)34(26)31)35(27-12-6-2-7-13-27)28-14-8-3-9-15-28/h1-23H. The van der Waals surface area contributed by atoms with E-state index in [1.54, 1.807) is 0 Å². The van der Waals surface area contributed by atoms with E-state index in [0.29, 0.717) is 0 Å². The molecule has 164 valence electrons. The molecule has 1 nitrogen and oxygen atoms in total. The summed E-state index contributed by atoms with van der Waals surface area (Å²) >= 11 is 0. The van der Waals surface area contributed by atoms with Crippen LogP contribution in [0.2, 0.25) is 0 Å². The molecule has 0 bridgehead atoms. The third-order valence-electron chi connectivity index (χ3n) is 7.00. The van der Waals surface area contributed by atoms with Crippen LogP contribution in [0.15, 0.2) is 140 Å². The fraction of sp³-hybridized carbons (Fsp3) is 0. The molecule has 0 spiro atoms. The van der Waals surface area contributed by atoms with Gasteiger partial charge in [-0.3, -0.25) is 0 Å². The average Bonchev–Trinajstić information content (AvgIpc) is 2.94. The second kappa shape index (κ2) is 8.00. The van der Waals surface area contributed by atoms with Crippen molar-refractivity contribution in [2.24, 2.45) is 0 Å². The number of hydrogen-bond donors (Lipinski definition) is 0. The van der Waals surface area contributed by atoms with E-state index in [0.717, 1.165) is 11.4 Å². The van der Waals surface area contributed by atoms with E-state index in [1.165, 1.54) is 49.1 Å². The summed E-state index contributed by atoms with van der Waals surface area (Å²) in [4.78, 5) is 2.37. The molecule has 0 unspecified atom stereocenters. The van der Waals surface area contributed by atoms with Gasteiger partial charge in [-0.15, -0.1) is 0 Å². The Morgan fingerprint density at radius 3 is 1.49 bits per heavy atom. The lowest BCUT2D eigenvalue weighted by molar-refractivity contribution is 1.30. The van der Waals surface area contributed by atoms with Crippen LogP contribution in [0.5, 0.6) is 0 Å². The van der Waals surface area contributed by atoms with Gasteiger partial charge >= 0.3 is 0 Å². The summed E-state index contributed by atoms with van der Waals surface area (Å²) in [6, 6.07) is 50.2. The van der Waals surface area contributed by atoms with Crippen LogP contribution in [0, 0.1) is 0 Å². The summed E-state index contributed by atoms with van der Waals surface area (Å²) in [6.07, 6.45) is 0. The predicted octanol–water partition coefficient (Wildman–Crippen LogP) is 9.72. The number of anilines is 3. The zero-order chi connectivity index (χ0) is 23.2. The van der Waals surface area contributed by atoms with Gasteiger partial charge < -0.3 is 4.90 Å². The first-order valence-electron chi connectivity index (χ1n) is 12.0. The molecule has 0 fully saturated rings. The molecule has 7 rings (SSSR count). The monoisotopic (exact) mass is 445 g/mol. The highest BCUT2D eigenvalue weighted by Crippen LogP contribution is 2.45. The first-order valence-corrected chi connectivity index (χ1v) is 12.0. The third-order valence-corrected chi connectivity index (χ3v) is 7.00. The maximum atomic E-state index is 2.37. The zero-order valence-corrected chi connectivity index (χ0v) is 19.2. The maximum Gasteiger partial charge on any atom is 0.0540 e. The van der Waals surface area contributed by atoms with Crippen molar-refractivity contribution in [2.75, 3.05) is 4.90 Å². The van der Waals surface area contributed by atoms with Crippen LogP contribution in [0.4, 0.5) is 17.1 Å². The molecule has 0 aliphatic rings. The molecular weight excluding hydrogens is 422 g/mol. The molecular formula is C34H23N. The zero-order valence-electron chi connectivity index (χ0n) is 19.2. The fourth-order valence-corrected chi connectivity index (χ4v) is 5.43. The van der Waals surface area contributed by atoms with E-state index >= 15 is 0 Å². The highest BCUT2D eigenvalue weighted by Gasteiger charge is 2.18. The highest BCUT2D eigenvalue weighted by atomic mass is 15.1. The van der Waals surface area contributed by atoms with E-state index in [1.807, 2.05) is 0 Å². The van der Waals surface area contributed by atoms with Crippen molar-refractivity contribution in [1.29, 1.82) is 0 Å². The minimum absolute atomic E-state index is 1.15. The second-order valence-electron chi connectivity index (χ2n) is 8.99. The first kappa shape index (κ1) is 19.8. The summed E-state index contributed by atoms with van der Waals surface area (Å²) in [5.74, 6) is 0. The largest absolute Gasteiger partial charge is 0.310 e. The van der Waals surface area contributed by atoms with Gasteiger partial charge in [-0.05, 0) is 68.4 Å². The Balaban J connectivity index is 1.56. The van der Waals surface area contributed by atoms with Crippen molar-refractivity contribution >= 4 is 49.4 Å². The van der Waals surface area contributed by atoms with Crippen LogP contribution in [0.1, 0.15) is 0 Å². The van der Waals surface area contributed by atoms with Crippen LogP contribution in [0.3, 0.4) is 0 Å². The Labute approximate surface area is 204 Å². The van der Waals surface area contributed by atoms with Crippen molar-refractivity contribution in [2.45, 2.75) is 0 Å². The van der Waals surface area contributed by atoms with Gasteiger partial charge in [0.1, 0.15) is 0 Å². The maximum absolute atomic E-state index is 2.37. The Morgan fingerprint density at radius 2 is 0.857 bits per heavy atom. The molecule has 0 aromatic heterocycles. The van der Waals surface area contributed by atoms with Crippen LogP contribution in [0.25, 0.3) is 43.4 Å². The molecule has 1 heteroatoms. The molecule has 7 aromatic carbocycles. The molecule has 35 heavy (non-hydrogen) atoms. The van der Waals surface area contributed by atoms with Crippen LogP contribution in [-0.4, -0.2) is 0 Å². The lowest BCUT2D eigenvalue weighted by atomic mass is 9.89.